The van der Waals surface area contributed by atoms with E-state index in [0.717, 1.165) is 77.3 Å². The average Bonchev–Trinajstić information content (AvgIpc) is 3.32. The van der Waals surface area contributed by atoms with Crippen molar-refractivity contribution in [2.24, 2.45) is 29.6 Å². The van der Waals surface area contributed by atoms with Gasteiger partial charge in [0, 0.05) is 40.0 Å². The summed E-state index contributed by atoms with van der Waals surface area (Å²) in [6.07, 6.45) is 9.95. The molecule has 10 unspecified atom stereocenters. The highest BCUT2D eigenvalue weighted by Gasteiger charge is 2.64. The van der Waals surface area contributed by atoms with Crippen LogP contribution in [0.3, 0.4) is 0 Å². The number of nitrogens with zero attached hydrogens (tertiary/aromatic N) is 1. The van der Waals surface area contributed by atoms with Crippen LogP contribution in [-0.2, 0) is 28.5 Å². The molecular formula is C31H51N3O6. The predicted octanol–water partition coefficient (Wildman–Crippen LogP) is 2.51. The van der Waals surface area contributed by atoms with Gasteiger partial charge in [-0.25, -0.2) is 0 Å². The molecule has 3 saturated carbocycles. The molecule has 40 heavy (non-hydrogen) atoms. The van der Waals surface area contributed by atoms with Gasteiger partial charge in [0.15, 0.2) is 0 Å². The van der Waals surface area contributed by atoms with Crippen molar-refractivity contribution in [2.75, 3.05) is 34.4 Å². The molecule has 6 rings (SSSR count). The van der Waals surface area contributed by atoms with E-state index in [1.807, 2.05) is 6.92 Å². The fourth-order valence-electron chi connectivity index (χ4n) is 9.77. The third kappa shape index (κ3) is 5.12. The van der Waals surface area contributed by atoms with Crippen molar-refractivity contribution in [1.82, 2.24) is 15.5 Å². The summed E-state index contributed by atoms with van der Waals surface area (Å²) in [5.74, 6) is 1.90. The van der Waals surface area contributed by atoms with E-state index in [1.165, 1.54) is 0 Å². The first-order valence-electron chi connectivity index (χ1n) is 16.0. The Morgan fingerprint density at radius 3 is 2.42 bits per heavy atom. The molecule has 3 saturated heterocycles. The van der Waals surface area contributed by atoms with Gasteiger partial charge in [-0.2, -0.15) is 0 Å². The summed E-state index contributed by atoms with van der Waals surface area (Å²) in [5.41, 5.74) is 0. The van der Waals surface area contributed by atoms with Crippen molar-refractivity contribution >= 4 is 11.8 Å². The maximum atomic E-state index is 14.2. The normalized spacial score (nSPS) is 45.3. The van der Waals surface area contributed by atoms with E-state index in [-0.39, 0.29) is 48.1 Å². The van der Waals surface area contributed by atoms with Crippen LogP contribution in [0.2, 0.25) is 0 Å². The molecule has 0 bridgehead atoms. The van der Waals surface area contributed by atoms with Crippen molar-refractivity contribution < 1.29 is 28.5 Å². The lowest BCUT2D eigenvalue weighted by molar-refractivity contribution is -0.175. The second-order valence-corrected chi connectivity index (χ2v) is 13.5. The van der Waals surface area contributed by atoms with Crippen LogP contribution in [0.1, 0.15) is 71.1 Å². The number of amides is 2. The third-order valence-corrected chi connectivity index (χ3v) is 11.7. The molecule has 9 heteroatoms. The molecule has 0 spiro atoms. The van der Waals surface area contributed by atoms with Gasteiger partial charge in [-0.05, 0) is 101 Å². The first-order chi connectivity index (χ1) is 19.4. The molecule has 3 heterocycles. The van der Waals surface area contributed by atoms with Gasteiger partial charge in [0.05, 0.1) is 36.4 Å². The van der Waals surface area contributed by atoms with Gasteiger partial charge in [-0.15, -0.1) is 0 Å². The van der Waals surface area contributed by atoms with Crippen molar-refractivity contribution in [2.45, 2.75) is 120 Å². The Hall–Kier alpha value is -1.26. The second kappa shape index (κ2) is 12.2. The molecule has 0 aromatic heterocycles. The quantitative estimate of drug-likeness (QED) is 0.470. The molecule has 0 radical (unpaired) electrons. The summed E-state index contributed by atoms with van der Waals surface area (Å²) in [4.78, 5) is 29.4. The van der Waals surface area contributed by atoms with E-state index >= 15 is 0 Å². The topological polar surface area (TPSA) is 98.4 Å². The summed E-state index contributed by atoms with van der Waals surface area (Å²) in [7, 11) is 5.26. The van der Waals surface area contributed by atoms with Gasteiger partial charge in [-0.3, -0.25) is 9.59 Å². The highest BCUT2D eigenvalue weighted by Crippen LogP contribution is 2.54. The van der Waals surface area contributed by atoms with Crippen LogP contribution in [0.25, 0.3) is 0 Å². The van der Waals surface area contributed by atoms with E-state index < -0.39 is 6.10 Å². The number of methoxy groups -OCH3 is 3. The molecule has 9 nitrogen and oxygen atoms in total. The molecule has 0 aromatic carbocycles. The molecule has 0 aromatic rings. The van der Waals surface area contributed by atoms with Crippen molar-refractivity contribution in [1.29, 1.82) is 0 Å². The standard InChI is InChI=1S/C31H51N3O6/c1-17(30(35)33-16-18-5-7-19(37-2)8-6-18)40-20-9-11-24-23(15-20)21-13-14-32-27-22-10-12-25(38-3)29(39-4)26(22)31(36)34(24)28(21)27/h17-29,32H,5-16H2,1-4H3,(H,33,35)/t17-,18?,19?,20?,21?,22?,23?,24?,25?,26?,27?,28?,29?/m0/s1. The van der Waals surface area contributed by atoms with Crippen LogP contribution < -0.4 is 10.6 Å². The SMILES string of the molecule is COC1CCC(CNC(=O)[C@H](C)OC2CCC3C(C2)C2CCNC4C5CCC(OC)C(OC)C5C(=O)N3C24)CC1. The minimum Gasteiger partial charge on any atom is -0.381 e. The van der Waals surface area contributed by atoms with Crippen LogP contribution in [0, 0.1) is 29.6 Å². The summed E-state index contributed by atoms with van der Waals surface area (Å²) in [6, 6.07) is 0.852. The zero-order chi connectivity index (χ0) is 28.0. The predicted molar refractivity (Wildman–Crippen MR) is 150 cm³/mol. The van der Waals surface area contributed by atoms with Gasteiger partial charge in [0.2, 0.25) is 11.8 Å². The zero-order valence-electron chi connectivity index (χ0n) is 24.9. The van der Waals surface area contributed by atoms with Crippen LogP contribution in [0.4, 0.5) is 0 Å². The first-order valence-corrected chi connectivity index (χ1v) is 16.0. The summed E-state index contributed by atoms with van der Waals surface area (Å²) in [5, 5.41) is 7.01. The van der Waals surface area contributed by atoms with Crippen LogP contribution in [-0.4, -0.2) is 99.8 Å². The van der Waals surface area contributed by atoms with Gasteiger partial charge >= 0.3 is 0 Å². The lowest BCUT2D eigenvalue weighted by atomic mass is 9.64. The van der Waals surface area contributed by atoms with E-state index in [0.29, 0.717) is 35.8 Å². The lowest BCUT2D eigenvalue weighted by Crippen LogP contribution is -2.70. The van der Waals surface area contributed by atoms with E-state index in [2.05, 4.69) is 15.5 Å². The average molecular weight is 562 g/mol. The Bertz CT molecular complexity index is 912. The minimum atomic E-state index is -0.459. The number of carbonyl (C=O) groups excluding carboxylic acids is 2. The Balaban J connectivity index is 1.08. The molecule has 2 N–H and O–H groups in total. The Morgan fingerprint density at radius 2 is 1.70 bits per heavy atom. The smallest absolute Gasteiger partial charge is 0.248 e. The van der Waals surface area contributed by atoms with E-state index in [9.17, 15) is 9.59 Å². The fourth-order valence-corrected chi connectivity index (χ4v) is 9.77. The lowest BCUT2D eigenvalue weighted by Gasteiger charge is -2.55. The number of hydrogen-bond donors (Lipinski definition) is 2. The molecular weight excluding hydrogens is 510 g/mol. The van der Waals surface area contributed by atoms with Crippen LogP contribution in [0.15, 0.2) is 0 Å². The van der Waals surface area contributed by atoms with Gasteiger partial charge in [0.25, 0.3) is 0 Å². The monoisotopic (exact) mass is 561 g/mol. The minimum absolute atomic E-state index is 0.000632. The fraction of sp³-hybridized carbons (Fsp3) is 0.935. The first kappa shape index (κ1) is 28.8. The number of carbonyl (C=O) groups is 2. The second-order valence-electron chi connectivity index (χ2n) is 13.5. The Morgan fingerprint density at radius 1 is 0.925 bits per heavy atom. The highest BCUT2D eigenvalue weighted by molar-refractivity contribution is 5.83. The van der Waals surface area contributed by atoms with Gasteiger partial charge in [0.1, 0.15) is 6.10 Å². The summed E-state index contributed by atoms with van der Waals surface area (Å²) in [6.45, 7) is 3.62. The molecule has 11 atom stereocenters. The number of nitrogens with one attached hydrogen (secondary N) is 2. The van der Waals surface area contributed by atoms with E-state index in [1.54, 1.807) is 21.3 Å². The summed E-state index contributed by atoms with van der Waals surface area (Å²) < 4.78 is 23.6. The molecule has 6 aliphatic rings. The molecule has 226 valence electrons. The maximum absolute atomic E-state index is 14.2. The van der Waals surface area contributed by atoms with Crippen LogP contribution in [0.5, 0.6) is 0 Å². The van der Waals surface area contributed by atoms with Crippen LogP contribution >= 0.6 is 0 Å². The molecule has 3 aliphatic carbocycles. The number of fused-ring (bicyclic) bond motifs is 5. The molecule has 6 fully saturated rings. The maximum Gasteiger partial charge on any atom is 0.248 e. The van der Waals surface area contributed by atoms with Crippen molar-refractivity contribution in [3.8, 4) is 0 Å². The Kier molecular flexibility index (Phi) is 8.76. The third-order valence-electron chi connectivity index (χ3n) is 11.7. The zero-order valence-corrected chi connectivity index (χ0v) is 24.9. The number of ether oxygens (including phenoxy) is 4. The molecule has 3 aliphatic heterocycles. The molecule has 2 amide bonds. The van der Waals surface area contributed by atoms with E-state index in [4.69, 9.17) is 18.9 Å². The Labute approximate surface area is 239 Å². The summed E-state index contributed by atoms with van der Waals surface area (Å²) >= 11 is 0. The number of rotatable bonds is 8. The van der Waals surface area contributed by atoms with Gasteiger partial charge in [-0.1, -0.05) is 0 Å². The highest BCUT2D eigenvalue weighted by atomic mass is 16.5. The van der Waals surface area contributed by atoms with Gasteiger partial charge < -0.3 is 34.5 Å². The largest absolute Gasteiger partial charge is 0.381 e. The van der Waals surface area contributed by atoms with Crippen molar-refractivity contribution in [3.05, 3.63) is 0 Å². The number of hydrogen-bond acceptors (Lipinski definition) is 7. The number of piperidine rings is 2. The van der Waals surface area contributed by atoms with Crippen molar-refractivity contribution in [3.63, 3.8) is 0 Å².